The monoisotopic (exact) mass is 569 g/mol. The fraction of sp³-hybridized carbons (Fsp3) is 0.308. The molecule has 0 spiro atoms. The Hall–Kier alpha value is -4.59. The molecule has 0 amide bonds. The van der Waals surface area contributed by atoms with E-state index in [1.807, 2.05) is 6.07 Å². The van der Waals surface area contributed by atoms with Gasteiger partial charge in [-0.3, -0.25) is 9.82 Å². The van der Waals surface area contributed by atoms with Crippen LogP contribution in [0.3, 0.4) is 0 Å². The maximum absolute atomic E-state index is 13.6. The Morgan fingerprint density at radius 2 is 1.73 bits per heavy atom. The van der Waals surface area contributed by atoms with Crippen molar-refractivity contribution in [3.8, 4) is 17.2 Å². The van der Waals surface area contributed by atoms with Gasteiger partial charge in [0.15, 0.2) is 27.9 Å². The summed E-state index contributed by atoms with van der Waals surface area (Å²) in [6.07, 6.45) is 3.76. The van der Waals surface area contributed by atoms with Crippen LogP contribution in [0.2, 0.25) is 0 Å². The van der Waals surface area contributed by atoms with E-state index in [2.05, 4.69) is 25.4 Å². The Balaban J connectivity index is 1.32. The minimum atomic E-state index is -4.27. The van der Waals surface area contributed by atoms with Gasteiger partial charge >= 0.3 is 0 Å². The number of H-pyrrole nitrogens is 1. The molecule has 3 heterocycles. The predicted molar refractivity (Wildman–Crippen MR) is 145 cm³/mol. The highest BCUT2D eigenvalue weighted by molar-refractivity contribution is 7.93. The van der Waals surface area contributed by atoms with E-state index in [1.54, 1.807) is 12.1 Å². The van der Waals surface area contributed by atoms with Gasteiger partial charge in [0, 0.05) is 29.3 Å². The van der Waals surface area contributed by atoms with Gasteiger partial charge in [-0.2, -0.15) is 5.10 Å². The summed E-state index contributed by atoms with van der Waals surface area (Å²) in [4.78, 5) is -0.218. The van der Waals surface area contributed by atoms with Gasteiger partial charge in [-0.05, 0) is 31.0 Å². The summed E-state index contributed by atoms with van der Waals surface area (Å²) in [5, 5.41) is 14.9. The molecule has 6 rings (SSSR count). The fourth-order valence-electron chi connectivity index (χ4n) is 4.43. The second-order valence-electron chi connectivity index (χ2n) is 9.20. The molecule has 3 N–H and O–H groups in total. The highest BCUT2D eigenvalue weighted by Gasteiger charge is 2.30. The Bertz CT molecular complexity index is 1680. The maximum atomic E-state index is 13.6. The molecule has 1 aliphatic heterocycles. The van der Waals surface area contributed by atoms with Gasteiger partial charge in [0.2, 0.25) is 0 Å². The summed E-state index contributed by atoms with van der Waals surface area (Å²) in [6, 6.07) is 8.31. The summed E-state index contributed by atoms with van der Waals surface area (Å²) < 4.78 is 62.6. The minimum absolute atomic E-state index is 0.0319. The molecule has 1 fully saturated rings. The second kappa shape index (κ2) is 10.2. The summed E-state index contributed by atoms with van der Waals surface area (Å²) in [5.74, 6) is 2.07. The maximum Gasteiger partial charge on any atom is 0.270 e. The summed E-state index contributed by atoms with van der Waals surface area (Å²) >= 11 is 0. The van der Waals surface area contributed by atoms with Gasteiger partial charge < -0.3 is 33.5 Å². The van der Waals surface area contributed by atoms with Crippen LogP contribution in [0.5, 0.6) is 17.2 Å². The van der Waals surface area contributed by atoms with Crippen LogP contribution >= 0.6 is 0 Å². The van der Waals surface area contributed by atoms with Crippen LogP contribution in [0.15, 0.2) is 46.0 Å². The first-order valence-electron chi connectivity index (χ1n) is 12.4. The van der Waals surface area contributed by atoms with Crippen molar-refractivity contribution in [1.29, 1.82) is 0 Å². The molecule has 0 saturated heterocycles. The molecule has 0 atom stereocenters. The fourth-order valence-corrected chi connectivity index (χ4v) is 5.75. The van der Waals surface area contributed by atoms with Crippen LogP contribution in [-0.4, -0.2) is 58.3 Å². The largest absolute Gasteiger partial charge is 0.495 e. The van der Waals surface area contributed by atoms with Crippen LogP contribution < -0.4 is 24.2 Å². The number of nitrogens with zero attached hydrogens (tertiary/aromatic N) is 2. The number of hydrogen-bond donors (Lipinski definition) is 3. The normalized spacial score (nSPS) is 15.1. The Kier molecular flexibility index (Phi) is 6.54. The van der Waals surface area contributed by atoms with E-state index in [4.69, 9.17) is 28.2 Å². The third kappa shape index (κ3) is 4.81. The molecular weight excluding hydrogens is 542 g/mol. The highest BCUT2D eigenvalue weighted by Crippen LogP contribution is 2.42. The predicted octanol–water partition coefficient (Wildman–Crippen LogP) is 4.34. The van der Waals surface area contributed by atoms with Crippen LogP contribution in [0.4, 0.5) is 17.3 Å². The van der Waals surface area contributed by atoms with Gasteiger partial charge in [-0.15, -0.1) is 0 Å². The van der Waals surface area contributed by atoms with Crippen LogP contribution in [0.25, 0.3) is 16.7 Å². The molecule has 13 nitrogen and oxygen atoms in total. The van der Waals surface area contributed by atoms with Crippen molar-refractivity contribution in [3.63, 3.8) is 0 Å². The van der Waals surface area contributed by atoms with Gasteiger partial charge in [0.05, 0.1) is 32.4 Å². The lowest BCUT2D eigenvalue weighted by atomic mass is 10.1. The summed E-state index contributed by atoms with van der Waals surface area (Å²) in [6.45, 7) is 0.785. The molecule has 14 heteroatoms. The Morgan fingerprint density at radius 1 is 0.975 bits per heavy atom. The van der Waals surface area contributed by atoms with Crippen LogP contribution in [-0.2, 0) is 19.5 Å². The van der Waals surface area contributed by atoms with E-state index in [-0.39, 0.29) is 22.2 Å². The first-order chi connectivity index (χ1) is 19.4. The molecule has 2 aromatic carbocycles. The van der Waals surface area contributed by atoms with E-state index in [1.165, 1.54) is 39.7 Å². The molecule has 210 valence electrons. The standard InChI is InChI=1S/C26H27N5O8S/c1-34-20-10-16-19(11-18(20)27-24-12-17(28-29-24)14-4-5-14)39-30-26(16)31-40(32,33)25-21(35-2)8-15(9-22(25)36-3)23-13-37-6-7-38-23/h8-14H,4-7H2,1-3H3,(H,30,31)(H2,27,28,29). The SMILES string of the molecule is COc1cc2c(NS(=O)(=O)c3c(OC)cc(C4=COCCO4)cc3OC)noc2cc1Nc1cc(C2CC2)[nH]n1. The molecule has 0 radical (unpaired) electrons. The van der Waals surface area contributed by atoms with Gasteiger partial charge in [-0.1, -0.05) is 5.16 Å². The van der Waals surface area contributed by atoms with Crippen molar-refractivity contribution < 1.29 is 36.6 Å². The number of methoxy groups -OCH3 is 3. The number of sulfonamides is 1. The zero-order valence-electron chi connectivity index (χ0n) is 21.9. The highest BCUT2D eigenvalue weighted by atomic mass is 32.2. The van der Waals surface area contributed by atoms with Gasteiger partial charge in [0.25, 0.3) is 10.0 Å². The minimum Gasteiger partial charge on any atom is -0.495 e. The van der Waals surface area contributed by atoms with E-state index < -0.39 is 10.0 Å². The summed E-state index contributed by atoms with van der Waals surface area (Å²) in [7, 11) is -0.0322. The molecule has 2 aromatic heterocycles. The molecule has 0 unspecified atom stereocenters. The third-order valence-corrected chi connectivity index (χ3v) is 7.97. The molecule has 1 aliphatic carbocycles. The first-order valence-corrected chi connectivity index (χ1v) is 13.9. The van der Waals surface area contributed by atoms with Crippen molar-refractivity contribution in [1.82, 2.24) is 15.4 Å². The van der Waals surface area contributed by atoms with Crippen molar-refractivity contribution >= 4 is 44.1 Å². The second-order valence-corrected chi connectivity index (χ2v) is 10.8. The van der Waals surface area contributed by atoms with Gasteiger partial charge in [-0.25, -0.2) is 8.42 Å². The number of fused-ring (bicyclic) bond motifs is 1. The molecule has 0 bridgehead atoms. The molecule has 4 aromatic rings. The van der Waals surface area contributed by atoms with Crippen molar-refractivity contribution in [3.05, 3.63) is 47.9 Å². The van der Waals surface area contributed by atoms with E-state index in [0.717, 1.165) is 18.5 Å². The number of benzene rings is 2. The molecule has 40 heavy (non-hydrogen) atoms. The third-order valence-electron chi connectivity index (χ3n) is 6.56. The number of hydrogen-bond acceptors (Lipinski definition) is 11. The Labute approximate surface area is 229 Å². The zero-order chi connectivity index (χ0) is 27.9. The number of aromatic amines is 1. The number of anilines is 3. The number of nitrogens with one attached hydrogen (secondary N) is 3. The quantitative estimate of drug-likeness (QED) is 0.249. The Morgan fingerprint density at radius 3 is 2.38 bits per heavy atom. The lowest BCUT2D eigenvalue weighted by Gasteiger charge is -2.19. The number of rotatable bonds is 10. The average molecular weight is 570 g/mol. The van der Waals surface area contributed by atoms with Crippen molar-refractivity contribution in [2.45, 2.75) is 23.7 Å². The topological polar surface area (TPSA) is 159 Å². The summed E-state index contributed by atoms with van der Waals surface area (Å²) in [5.41, 5.74) is 2.52. The molecule has 1 saturated carbocycles. The average Bonchev–Trinajstić information content (AvgIpc) is 3.61. The number of ether oxygens (including phenoxy) is 5. The molecule has 2 aliphatic rings. The van der Waals surface area contributed by atoms with E-state index in [9.17, 15) is 8.42 Å². The van der Waals surface area contributed by atoms with E-state index >= 15 is 0 Å². The van der Waals surface area contributed by atoms with Crippen molar-refractivity contribution in [2.24, 2.45) is 0 Å². The molecular formula is C26H27N5O8S. The lowest BCUT2D eigenvalue weighted by molar-refractivity contribution is 0.125. The van der Waals surface area contributed by atoms with E-state index in [0.29, 0.717) is 58.7 Å². The lowest BCUT2D eigenvalue weighted by Crippen LogP contribution is -2.16. The smallest absolute Gasteiger partial charge is 0.270 e. The number of aromatic nitrogens is 3. The van der Waals surface area contributed by atoms with Crippen LogP contribution in [0, 0.1) is 0 Å². The first kappa shape index (κ1) is 25.7. The van der Waals surface area contributed by atoms with Crippen LogP contribution in [0.1, 0.15) is 30.0 Å². The van der Waals surface area contributed by atoms with Gasteiger partial charge in [0.1, 0.15) is 36.7 Å². The van der Waals surface area contributed by atoms with Crippen molar-refractivity contribution in [2.75, 3.05) is 44.6 Å². The zero-order valence-corrected chi connectivity index (χ0v) is 22.8.